The monoisotopic (exact) mass is 397 g/mol. The van der Waals surface area contributed by atoms with Gasteiger partial charge in [0.15, 0.2) is 5.65 Å². The number of carbonyl (C=O) groups excluding carboxylic acids is 1. The Labute approximate surface area is 166 Å². The van der Waals surface area contributed by atoms with Gasteiger partial charge in [-0.15, -0.1) is 0 Å². The Kier molecular flexibility index (Phi) is 6.27. The zero-order chi connectivity index (χ0) is 16.4. The van der Waals surface area contributed by atoms with E-state index in [1.54, 1.807) is 6.29 Å². The van der Waals surface area contributed by atoms with Crippen LogP contribution < -0.4 is 5.32 Å². The number of nitrogens with one attached hydrogen (secondary N) is 1. The van der Waals surface area contributed by atoms with E-state index < -0.39 is 12.1 Å². The number of rotatable bonds is 5. The first-order valence-electron chi connectivity index (χ1n) is 7.43. The second-order valence-electron chi connectivity index (χ2n) is 5.49. The van der Waals surface area contributed by atoms with Gasteiger partial charge >= 0.3 is 0 Å². The van der Waals surface area contributed by atoms with Gasteiger partial charge in [0.05, 0.1) is 17.4 Å². The quantitative estimate of drug-likeness (QED) is 0.650. The van der Waals surface area contributed by atoms with E-state index in [0.29, 0.717) is 0 Å². The van der Waals surface area contributed by atoms with Crippen molar-refractivity contribution in [1.82, 2.24) is 9.38 Å². The van der Waals surface area contributed by atoms with Gasteiger partial charge in [-0.3, -0.25) is 0 Å². The van der Waals surface area contributed by atoms with Crippen molar-refractivity contribution in [2.75, 3.05) is 5.32 Å². The zero-order valence-corrected chi connectivity index (χ0v) is 16.4. The summed E-state index contributed by atoms with van der Waals surface area (Å²) in [5.74, 6) is 0. The topological polar surface area (TPSA) is 66.6 Å². The molecule has 3 aromatic rings. The number of hydrogen-bond acceptors (Lipinski definition) is 4. The minimum Gasteiger partial charge on any atom is -0.539 e. The molecule has 3 rings (SSSR count). The fraction of sp³-hybridized carbons (Fsp3) is 0.222. The van der Waals surface area contributed by atoms with Crippen molar-refractivity contribution in [3.8, 4) is 0 Å². The largest absolute Gasteiger partial charge is 0.539 e. The number of benzene rings is 1. The smallest absolute Gasteiger partial charge is 0.160 e. The Balaban J connectivity index is 0.00000208. The molecule has 0 aliphatic rings. The van der Waals surface area contributed by atoms with Crippen molar-refractivity contribution in [2.24, 2.45) is 0 Å². The third-order valence-corrected chi connectivity index (χ3v) is 4.03. The van der Waals surface area contributed by atoms with E-state index in [1.165, 1.54) is 0 Å². The number of aryl methyl sites for hydroxylation is 2. The molecule has 121 valence electrons. The second-order valence-corrected chi connectivity index (χ2v) is 5.49. The Hall–Kier alpha value is -1.56. The summed E-state index contributed by atoms with van der Waals surface area (Å²) in [7, 11) is 0. The molecule has 24 heavy (non-hydrogen) atoms. The van der Waals surface area contributed by atoms with Crippen LogP contribution in [0, 0.1) is 13.8 Å². The third-order valence-electron chi connectivity index (χ3n) is 4.03. The molecule has 0 bridgehead atoms. The molecule has 0 amide bonds. The molecular weight excluding hydrogens is 379 g/mol. The molecule has 5 nitrogen and oxygen atoms in total. The number of anilines is 1. The minimum absolute atomic E-state index is 0. The number of fused-ring (bicyclic) bond motifs is 1. The van der Waals surface area contributed by atoms with E-state index in [4.69, 9.17) is 0 Å². The number of aliphatic hydroxyl groups excluding tert-OH is 1. The summed E-state index contributed by atoms with van der Waals surface area (Å²) in [4.78, 5) is 15.6. The first kappa shape index (κ1) is 18.8. The van der Waals surface area contributed by atoms with Gasteiger partial charge in [-0.25, -0.2) is 11.3 Å². The number of pyridine rings is 1. The van der Waals surface area contributed by atoms with Crippen molar-refractivity contribution >= 4 is 17.6 Å². The van der Waals surface area contributed by atoms with Crippen molar-refractivity contribution < 1.29 is 42.6 Å². The summed E-state index contributed by atoms with van der Waals surface area (Å²) >= 11 is 0. The van der Waals surface area contributed by atoms with Gasteiger partial charge in [0.25, 0.3) is 0 Å². The van der Waals surface area contributed by atoms with Crippen molar-refractivity contribution in [2.45, 2.75) is 26.0 Å². The molecule has 2 atom stereocenters. The van der Waals surface area contributed by atoms with Crippen molar-refractivity contribution in [3.63, 3.8) is 0 Å². The van der Waals surface area contributed by atoms with E-state index in [0.717, 1.165) is 28.3 Å². The summed E-state index contributed by atoms with van der Waals surface area (Å²) in [6.45, 7) is 3.96. The van der Waals surface area contributed by atoms with Crippen LogP contribution >= 0.6 is 0 Å². The molecule has 0 spiro atoms. The normalized spacial score (nSPS) is 13.1. The van der Waals surface area contributed by atoms with Gasteiger partial charge in [0, 0.05) is 44.6 Å². The first-order chi connectivity index (χ1) is 11.1. The summed E-state index contributed by atoms with van der Waals surface area (Å²) in [6.07, 6.45) is 2.34. The van der Waals surface area contributed by atoms with E-state index in [1.807, 2.05) is 66.9 Å². The van der Waals surface area contributed by atoms with Crippen LogP contribution in [0.2, 0.25) is 0 Å². The molecule has 2 N–H and O–H groups in total. The van der Waals surface area contributed by atoms with Gasteiger partial charge in [-0.1, -0.05) is 30.3 Å². The minimum atomic E-state index is -1.27. The van der Waals surface area contributed by atoms with Crippen LogP contribution in [0.15, 0.2) is 48.7 Å². The van der Waals surface area contributed by atoms with Crippen LogP contribution in [0.3, 0.4) is 0 Å². The molecule has 0 aliphatic carbocycles. The summed E-state index contributed by atoms with van der Waals surface area (Å²) in [5.41, 5.74) is 4.33. The zero-order valence-electron chi connectivity index (χ0n) is 13.6. The maximum Gasteiger partial charge on any atom is 0.160 e. The molecule has 2 aromatic heterocycles. The van der Waals surface area contributed by atoms with Crippen LogP contribution in [0.5, 0.6) is 0 Å². The van der Waals surface area contributed by atoms with E-state index >= 15 is 0 Å². The Morgan fingerprint density at radius 1 is 1.17 bits per heavy atom. The molecule has 1 aromatic carbocycles. The molecule has 1 radical (unpaired) electrons. The number of nitrogens with zero attached hydrogens (tertiary/aromatic N) is 2. The number of hydrogen-bond donors (Lipinski definition) is 2. The maximum absolute atomic E-state index is 11.0. The molecule has 0 unspecified atom stereocenters. The van der Waals surface area contributed by atoms with Crippen LogP contribution in [-0.2, 0) is 37.5 Å². The SMILES string of the molecule is Cc1nc2c(N[C@H](c3ccccc3)[C@@H](O)[C-]=O)cccn2c1C.[Y]. The number of imidazole rings is 1. The molecule has 0 aliphatic heterocycles. The van der Waals surface area contributed by atoms with E-state index in [-0.39, 0.29) is 32.7 Å². The fourth-order valence-corrected chi connectivity index (χ4v) is 2.65. The molecule has 0 saturated heterocycles. The Morgan fingerprint density at radius 3 is 2.54 bits per heavy atom. The first-order valence-corrected chi connectivity index (χ1v) is 7.43. The number of aromatic nitrogens is 2. The molecule has 6 heteroatoms. The summed E-state index contributed by atoms with van der Waals surface area (Å²) in [6, 6.07) is 12.5. The standard InChI is InChI=1S/C18H18N3O2.Y/c1-12-13(2)21-10-6-9-15(18(21)19-12)20-17(16(23)11-22)14-7-4-3-5-8-14;/h3-10,16-17,20,23H,1-2H3;/q-1;/t16-,17+;/m0./s1. The van der Waals surface area contributed by atoms with Crippen LogP contribution in [0.4, 0.5) is 5.69 Å². The summed E-state index contributed by atoms with van der Waals surface area (Å²) in [5, 5.41) is 13.3. The summed E-state index contributed by atoms with van der Waals surface area (Å²) < 4.78 is 1.98. The van der Waals surface area contributed by atoms with Crippen LogP contribution in [-0.4, -0.2) is 26.9 Å². The molecule has 2 heterocycles. The van der Waals surface area contributed by atoms with Crippen molar-refractivity contribution in [3.05, 3.63) is 65.6 Å². The van der Waals surface area contributed by atoms with Gasteiger partial charge in [-0.2, -0.15) is 0 Å². The maximum atomic E-state index is 11.0. The van der Waals surface area contributed by atoms with E-state index in [2.05, 4.69) is 10.3 Å². The Bertz CT molecular complexity index is 833. The average Bonchev–Trinajstić information content (AvgIpc) is 2.88. The van der Waals surface area contributed by atoms with Gasteiger partial charge < -0.3 is 19.6 Å². The van der Waals surface area contributed by atoms with Crippen LogP contribution in [0.25, 0.3) is 5.65 Å². The third kappa shape index (κ3) is 3.58. The van der Waals surface area contributed by atoms with Gasteiger partial charge in [0.1, 0.15) is 0 Å². The van der Waals surface area contributed by atoms with Gasteiger partial charge in [-0.05, 0) is 37.6 Å². The van der Waals surface area contributed by atoms with Crippen molar-refractivity contribution in [1.29, 1.82) is 0 Å². The predicted molar refractivity (Wildman–Crippen MR) is 89.2 cm³/mol. The Morgan fingerprint density at radius 2 is 1.88 bits per heavy atom. The van der Waals surface area contributed by atoms with Gasteiger partial charge in [0.2, 0.25) is 0 Å². The van der Waals surface area contributed by atoms with Crippen LogP contribution in [0.1, 0.15) is 23.0 Å². The molecule has 0 saturated carbocycles. The second kappa shape index (κ2) is 8.01. The molecular formula is C18H18N3O2Y-. The predicted octanol–water partition coefficient (Wildman–Crippen LogP) is 2.57. The fourth-order valence-electron chi connectivity index (χ4n) is 2.65. The average molecular weight is 397 g/mol. The van der Waals surface area contributed by atoms with E-state index in [9.17, 15) is 9.90 Å². The molecule has 0 fully saturated rings. The number of aliphatic hydroxyl groups is 1.